The lowest BCUT2D eigenvalue weighted by atomic mass is 10.0. The van der Waals surface area contributed by atoms with Crippen LogP contribution in [0.15, 0.2) is 29.2 Å². The number of carbonyl (C=O) groups excluding carboxylic acids is 2. The molecule has 3 nitrogen and oxygen atoms in total. The Kier molecular flexibility index (Phi) is 6.50. The number of hydrogen-bond donors (Lipinski definition) is 0. The fourth-order valence-electron chi connectivity index (χ4n) is 1.58. The lowest BCUT2D eigenvalue weighted by molar-refractivity contribution is -0.140. The molecule has 1 aromatic rings. The fraction of sp³-hybridized carbons (Fsp3) is 0.429. The second kappa shape index (κ2) is 7.93. The van der Waals surface area contributed by atoms with Gasteiger partial charge in [-0.2, -0.15) is 0 Å². The van der Waals surface area contributed by atoms with Crippen LogP contribution in [0.5, 0.6) is 0 Å². The highest BCUT2D eigenvalue weighted by molar-refractivity contribution is 7.98. The van der Waals surface area contributed by atoms with Gasteiger partial charge in [0.2, 0.25) is 0 Å². The molecule has 0 aromatic heterocycles. The zero-order chi connectivity index (χ0) is 13.4. The van der Waals surface area contributed by atoms with Gasteiger partial charge in [0, 0.05) is 23.3 Å². The van der Waals surface area contributed by atoms with E-state index in [0.29, 0.717) is 19.3 Å². The van der Waals surface area contributed by atoms with Crippen LogP contribution in [0.3, 0.4) is 0 Å². The molecule has 0 aliphatic heterocycles. The Morgan fingerprint density at radius 1 is 1.11 bits per heavy atom. The summed E-state index contributed by atoms with van der Waals surface area (Å²) in [5, 5.41) is 0. The van der Waals surface area contributed by atoms with E-state index in [4.69, 9.17) is 0 Å². The van der Waals surface area contributed by atoms with Crippen LogP contribution in [0.2, 0.25) is 0 Å². The first-order chi connectivity index (χ1) is 8.67. The predicted octanol–water partition coefficient (Wildman–Crippen LogP) is 3.32. The maximum Gasteiger partial charge on any atom is 0.305 e. The summed E-state index contributed by atoms with van der Waals surface area (Å²) in [5.74, 6) is -0.0840. The van der Waals surface area contributed by atoms with Gasteiger partial charge >= 0.3 is 5.97 Å². The van der Waals surface area contributed by atoms with Crippen LogP contribution in [0.1, 0.15) is 36.0 Å². The Hall–Kier alpha value is -1.29. The highest BCUT2D eigenvalue weighted by Crippen LogP contribution is 2.16. The van der Waals surface area contributed by atoms with E-state index >= 15 is 0 Å². The normalized spacial score (nSPS) is 10.1. The summed E-state index contributed by atoms with van der Waals surface area (Å²) in [5.41, 5.74) is 0.742. The van der Waals surface area contributed by atoms with Gasteiger partial charge in [0.1, 0.15) is 0 Å². The van der Waals surface area contributed by atoms with E-state index in [2.05, 4.69) is 4.74 Å². The smallest absolute Gasteiger partial charge is 0.305 e. The molecule has 98 valence electrons. The summed E-state index contributed by atoms with van der Waals surface area (Å²) in [6.07, 6.45) is 4.29. The predicted molar refractivity (Wildman–Crippen MR) is 73.0 cm³/mol. The van der Waals surface area contributed by atoms with E-state index in [1.165, 1.54) is 7.11 Å². The van der Waals surface area contributed by atoms with Crippen molar-refractivity contribution in [3.05, 3.63) is 29.8 Å². The van der Waals surface area contributed by atoms with E-state index in [0.717, 1.165) is 16.9 Å². The zero-order valence-corrected chi connectivity index (χ0v) is 11.6. The second-order valence-corrected chi connectivity index (χ2v) is 4.81. The summed E-state index contributed by atoms with van der Waals surface area (Å²) in [6.45, 7) is 0. The highest BCUT2D eigenvalue weighted by atomic mass is 32.2. The topological polar surface area (TPSA) is 43.4 Å². The molecule has 1 aromatic carbocycles. The first-order valence-corrected chi connectivity index (χ1v) is 7.14. The van der Waals surface area contributed by atoms with E-state index in [1.807, 2.05) is 30.5 Å². The number of unbranched alkanes of at least 4 members (excludes halogenated alkanes) is 1. The summed E-state index contributed by atoms with van der Waals surface area (Å²) in [7, 11) is 1.38. The van der Waals surface area contributed by atoms with Gasteiger partial charge in [0.25, 0.3) is 0 Å². The van der Waals surface area contributed by atoms with E-state index in [9.17, 15) is 9.59 Å². The molecular weight excluding hydrogens is 248 g/mol. The Bertz CT molecular complexity index is 398. The van der Waals surface area contributed by atoms with Gasteiger partial charge in [-0.1, -0.05) is 12.1 Å². The van der Waals surface area contributed by atoms with Gasteiger partial charge in [-0.15, -0.1) is 11.8 Å². The molecule has 0 N–H and O–H groups in total. The van der Waals surface area contributed by atoms with Crippen LogP contribution in [0, 0.1) is 0 Å². The fourth-order valence-corrected chi connectivity index (χ4v) is 1.99. The first-order valence-electron chi connectivity index (χ1n) is 5.91. The number of rotatable bonds is 7. The van der Waals surface area contributed by atoms with Crippen molar-refractivity contribution in [3.8, 4) is 0 Å². The van der Waals surface area contributed by atoms with Crippen LogP contribution < -0.4 is 0 Å². The molecule has 0 heterocycles. The third-order valence-electron chi connectivity index (χ3n) is 2.67. The van der Waals surface area contributed by atoms with Crippen molar-refractivity contribution < 1.29 is 14.3 Å². The largest absolute Gasteiger partial charge is 0.469 e. The van der Waals surface area contributed by atoms with Crippen LogP contribution in [0.25, 0.3) is 0 Å². The third kappa shape index (κ3) is 4.92. The second-order valence-electron chi connectivity index (χ2n) is 3.93. The standard InChI is InChI=1S/C14H18O3S/c1-17-14(16)6-4-3-5-13(15)11-7-9-12(18-2)10-8-11/h7-10H,3-6H2,1-2H3. The number of esters is 1. The average Bonchev–Trinajstić information content (AvgIpc) is 2.43. The van der Waals surface area contributed by atoms with Gasteiger partial charge in [-0.25, -0.2) is 0 Å². The Balaban J connectivity index is 2.33. The molecule has 1 rings (SSSR count). The lowest BCUT2D eigenvalue weighted by Crippen LogP contribution is -2.02. The molecule has 0 atom stereocenters. The SMILES string of the molecule is COC(=O)CCCCC(=O)c1ccc(SC)cc1. The van der Waals surface area contributed by atoms with Crippen molar-refractivity contribution in [1.82, 2.24) is 0 Å². The number of benzene rings is 1. The molecule has 0 saturated carbocycles. The molecule has 0 radical (unpaired) electrons. The van der Waals surface area contributed by atoms with Gasteiger partial charge in [0.05, 0.1) is 7.11 Å². The number of thioether (sulfide) groups is 1. The number of carbonyl (C=O) groups is 2. The molecule has 0 amide bonds. The van der Waals surface area contributed by atoms with E-state index in [1.54, 1.807) is 11.8 Å². The lowest BCUT2D eigenvalue weighted by Gasteiger charge is -2.02. The molecule has 0 unspecified atom stereocenters. The van der Waals surface area contributed by atoms with Gasteiger partial charge < -0.3 is 4.74 Å². The van der Waals surface area contributed by atoms with Crippen LogP contribution in [0.4, 0.5) is 0 Å². The molecule has 18 heavy (non-hydrogen) atoms. The number of methoxy groups -OCH3 is 1. The first kappa shape index (κ1) is 14.8. The molecule has 0 spiro atoms. The summed E-state index contributed by atoms with van der Waals surface area (Å²) >= 11 is 1.65. The summed E-state index contributed by atoms with van der Waals surface area (Å²) in [6, 6.07) is 7.61. The minimum atomic E-state index is -0.216. The van der Waals surface area contributed by atoms with Crippen LogP contribution >= 0.6 is 11.8 Å². The molecule has 0 aliphatic rings. The number of ketones is 1. The Morgan fingerprint density at radius 3 is 2.28 bits per heavy atom. The van der Waals surface area contributed by atoms with Crippen molar-refractivity contribution in [3.63, 3.8) is 0 Å². The molecule has 0 aliphatic carbocycles. The molecule has 0 saturated heterocycles. The minimum absolute atomic E-state index is 0.132. The van der Waals surface area contributed by atoms with Crippen molar-refractivity contribution in [1.29, 1.82) is 0 Å². The number of hydrogen-bond acceptors (Lipinski definition) is 4. The van der Waals surface area contributed by atoms with Gasteiger partial charge in [-0.3, -0.25) is 9.59 Å². The molecular formula is C14H18O3S. The maximum atomic E-state index is 11.8. The minimum Gasteiger partial charge on any atom is -0.469 e. The van der Waals surface area contributed by atoms with Crippen molar-refractivity contribution in [2.75, 3.05) is 13.4 Å². The van der Waals surface area contributed by atoms with E-state index in [-0.39, 0.29) is 11.8 Å². The van der Waals surface area contributed by atoms with Crippen molar-refractivity contribution in [2.24, 2.45) is 0 Å². The van der Waals surface area contributed by atoms with Crippen molar-refractivity contribution >= 4 is 23.5 Å². The highest BCUT2D eigenvalue weighted by Gasteiger charge is 2.06. The molecule has 0 fully saturated rings. The molecule has 4 heteroatoms. The van der Waals surface area contributed by atoms with E-state index < -0.39 is 0 Å². The average molecular weight is 266 g/mol. The van der Waals surface area contributed by atoms with Crippen LogP contribution in [-0.2, 0) is 9.53 Å². The monoisotopic (exact) mass is 266 g/mol. The summed E-state index contributed by atoms with van der Waals surface area (Å²) < 4.78 is 4.54. The Morgan fingerprint density at radius 2 is 1.72 bits per heavy atom. The maximum absolute atomic E-state index is 11.8. The number of ether oxygens (including phenoxy) is 1. The number of Topliss-reactive ketones (excluding diaryl/α,β-unsaturated/α-hetero) is 1. The van der Waals surface area contributed by atoms with Gasteiger partial charge in [0.15, 0.2) is 5.78 Å². The van der Waals surface area contributed by atoms with Crippen molar-refractivity contribution in [2.45, 2.75) is 30.6 Å². The van der Waals surface area contributed by atoms with Crippen LogP contribution in [-0.4, -0.2) is 25.1 Å². The van der Waals surface area contributed by atoms with Gasteiger partial charge in [-0.05, 0) is 31.2 Å². The summed E-state index contributed by atoms with van der Waals surface area (Å²) in [4.78, 5) is 23.9. The zero-order valence-electron chi connectivity index (χ0n) is 10.8. The third-order valence-corrected chi connectivity index (χ3v) is 3.42. The quantitative estimate of drug-likeness (QED) is 0.328. The molecule has 0 bridgehead atoms. The Labute approximate surface area is 112 Å².